The zero-order valence-electron chi connectivity index (χ0n) is 23.9. The van der Waals surface area contributed by atoms with Crippen molar-refractivity contribution in [3.05, 3.63) is 58.4 Å². The zero-order valence-corrected chi connectivity index (χ0v) is 26.3. The van der Waals surface area contributed by atoms with Crippen LogP contribution in [-0.2, 0) is 10.0 Å². The Balaban J connectivity index is 1.40. The summed E-state index contributed by atoms with van der Waals surface area (Å²) in [6, 6.07) is 1.84. The molecule has 0 bridgehead atoms. The van der Waals surface area contributed by atoms with Gasteiger partial charge in [0.15, 0.2) is 5.75 Å². The summed E-state index contributed by atoms with van der Waals surface area (Å²) in [4.78, 5) is 27.7. The average Bonchev–Trinajstić information content (AvgIpc) is 3.60. The van der Waals surface area contributed by atoms with Crippen molar-refractivity contribution in [3.8, 4) is 22.9 Å². The molecule has 4 heterocycles. The van der Waals surface area contributed by atoms with Gasteiger partial charge >= 0.3 is 6.03 Å². The third kappa shape index (κ3) is 5.51. The first-order chi connectivity index (χ1) is 22.4. The predicted molar refractivity (Wildman–Crippen MR) is 162 cm³/mol. The summed E-state index contributed by atoms with van der Waals surface area (Å²) in [5.74, 6) is -4.93. The molecule has 0 aliphatic carbocycles. The van der Waals surface area contributed by atoms with Crippen molar-refractivity contribution in [2.24, 2.45) is 5.92 Å². The van der Waals surface area contributed by atoms with Gasteiger partial charge in [-0.05, 0) is 30.5 Å². The van der Waals surface area contributed by atoms with E-state index in [9.17, 15) is 36.4 Å². The third-order valence-electron chi connectivity index (χ3n) is 8.09. The molecule has 47 heavy (non-hydrogen) atoms. The van der Waals surface area contributed by atoms with Crippen molar-refractivity contribution in [1.29, 1.82) is 5.26 Å². The highest BCUT2D eigenvalue weighted by atomic mass is 35.5. The highest BCUT2D eigenvalue weighted by Gasteiger charge is 2.45. The summed E-state index contributed by atoms with van der Waals surface area (Å²) in [5.41, 5.74) is 4.99. The first-order valence-electron chi connectivity index (χ1n) is 13.9. The molecule has 2 aromatic heterocycles. The minimum Gasteiger partial charge on any atom is -0.489 e. The second-order valence-corrected chi connectivity index (χ2v) is 14.2. The lowest BCUT2D eigenvalue weighted by Gasteiger charge is -2.36. The molecule has 2 aliphatic rings. The molecule has 1 saturated heterocycles. The number of carbonyl (C=O) groups excluding carboxylic acids is 2. The fourth-order valence-corrected chi connectivity index (χ4v) is 8.79. The van der Waals surface area contributed by atoms with Crippen LogP contribution in [0.15, 0.2) is 30.6 Å². The second kappa shape index (κ2) is 12.3. The van der Waals surface area contributed by atoms with E-state index < -0.39 is 81.4 Å². The van der Waals surface area contributed by atoms with E-state index in [-0.39, 0.29) is 57.0 Å². The Morgan fingerprint density at radius 3 is 2.68 bits per heavy atom. The Morgan fingerprint density at radius 1 is 1.23 bits per heavy atom. The maximum atomic E-state index is 16.0. The predicted octanol–water partition coefficient (Wildman–Crippen LogP) is 4.72. The minimum atomic E-state index is -4.24. The van der Waals surface area contributed by atoms with Gasteiger partial charge in [-0.3, -0.25) is 4.79 Å². The van der Waals surface area contributed by atoms with Gasteiger partial charge in [-0.15, -0.1) is 16.4 Å². The molecule has 4 aromatic rings. The van der Waals surface area contributed by atoms with Gasteiger partial charge in [0.25, 0.3) is 12.3 Å². The number of sulfonamides is 1. The summed E-state index contributed by atoms with van der Waals surface area (Å²) in [5, 5.41) is 16.2. The van der Waals surface area contributed by atoms with Gasteiger partial charge in [0.05, 0.1) is 51.6 Å². The number of anilines is 1. The Labute approximate surface area is 272 Å². The molecule has 19 heteroatoms. The van der Waals surface area contributed by atoms with Crippen LogP contribution < -0.4 is 10.5 Å². The quantitative estimate of drug-likeness (QED) is 0.295. The Kier molecular flexibility index (Phi) is 8.48. The molecule has 12 nitrogen and oxygen atoms in total. The third-order valence-corrected chi connectivity index (χ3v) is 11.3. The van der Waals surface area contributed by atoms with Crippen molar-refractivity contribution in [2.45, 2.75) is 25.3 Å². The van der Waals surface area contributed by atoms with E-state index in [2.05, 4.69) is 10.3 Å². The van der Waals surface area contributed by atoms with E-state index in [1.165, 1.54) is 6.07 Å². The second-order valence-electron chi connectivity index (χ2n) is 10.7. The molecule has 6 rings (SSSR count). The summed E-state index contributed by atoms with van der Waals surface area (Å²) < 4.78 is 93.1. The molecule has 0 radical (unpaired) electrons. The average molecular weight is 712 g/mol. The van der Waals surface area contributed by atoms with Crippen LogP contribution in [0.25, 0.3) is 21.2 Å². The smallest absolute Gasteiger partial charge is 0.359 e. The van der Waals surface area contributed by atoms with Crippen molar-refractivity contribution in [1.82, 2.24) is 24.2 Å². The number of halogens is 5. The van der Waals surface area contributed by atoms with Crippen LogP contribution in [0.1, 0.15) is 28.8 Å². The van der Waals surface area contributed by atoms with Crippen LogP contribution in [0.2, 0.25) is 5.02 Å². The van der Waals surface area contributed by atoms with Crippen LogP contribution >= 0.6 is 22.9 Å². The molecule has 2 unspecified atom stereocenters. The number of nitrogens with zero attached hydrogens (tertiary/aromatic N) is 6. The van der Waals surface area contributed by atoms with Crippen molar-refractivity contribution < 1.29 is 40.3 Å². The lowest BCUT2D eigenvalue weighted by atomic mass is 9.92. The van der Waals surface area contributed by atoms with Crippen LogP contribution in [0.3, 0.4) is 0 Å². The first kappa shape index (κ1) is 32.5. The number of rotatable bonds is 4. The molecule has 2 N–H and O–H groups in total. The number of nitrogen functional groups attached to an aromatic ring is 1. The largest absolute Gasteiger partial charge is 0.489 e. The van der Waals surface area contributed by atoms with Crippen LogP contribution in [0.5, 0.6) is 5.75 Å². The number of carbonyl (C=O) groups is 2. The number of thiophene rings is 1. The van der Waals surface area contributed by atoms with Crippen molar-refractivity contribution in [3.63, 3.8) is 0 Å². The molecule has 2 aliphatic heterocycles. The van der Waals surface area contributed by atoms with Gasteiger partial charge in [-0.25, -0.2) is 35.1 Å². The number of hydrogen-bond acceptors (Lipinski definition) is 10. The number of alkyl halides is 2. The minimum absolute atomic E-state index is 0.00315. The molecule has 2 amide bonds. The lowest BCUT2D eigenvalue weighted by molar-refractivity contribution is -0.00685. The topological polar surface area (TPSA) is 165 Å². The van der Waals surface area contributed by atoms with E-state index in [0.717, 1.165) is 40.8 Å². The summed E-state index contributed by atoms with van der Waals surface area (Å²) in [6.45, 7) is -1.48. The van der Waals surface area contributed by atoms with E-state index in [4.69, 9.17) is 22.1 Å². The number of nitrogens with two attached hydrogens (primary N) is 1. The van der Waals surface area contributed by atoms with Gasteiger partial charge in [-0.1, -0.05) is 22.9 Å². The van der Waals surface area contributed by atoms with Gasteiger partial charge < -0.3 is 15.4 Å². The number of amides is 2. The number of benzene rings is 2. The maximum absolute atomic E-state index is 16.0. The number of nitriles is 1. The number of aromatic nitrogens is 3. The highest BCUT2D eigenvalue weighted by Crippen LogP contribution is 2.47. The fraction of sp³-hybridized carbons (Fsp3) is 0.321. The molecule has 1 fully saturated rings. The summed E-state index contributed by atoms with van der Waals surface area (Å²) in [7, 11) is -4.24. The number of hydrogen-bond donors (Lipinski definition) is 1. The number of fused-ring (bicyclic) bond motifs is 2. The molecule has 0 saturated carbocycles. The van der Waals surface area contributed by atoms with E-state index in [1.54, 1.807) is 0 Å². The number of ether oxygens (including phenoxy) is 1. The van der Waals surface area contributed by atoms with Gasteiger partial charge in [0.1, 0.15) is 29.3 Å². The lowest BCUT2D eigenvalue weighted by Crippen LogP contribution is -2.53. The molecule has 0 spiro atoms. The van der Waals surface area contributed by atoms with Crippen LogP contribution in [0.4, 0.5) is 27.4 Å². The van der Waals surface area contributed by atoms with Crippen LogP contribution in [-0.4, -0.2) is 82.5 Å². The SMILES string of the molecule is N#Cc1c(N)sc2c(F)ccc(-c3c(F)cc4c(c3Cl)OCCN(C(C(F)F)C3CCCS(=O)(=O)N(C(=O)n5ccnn5)C3)C4=O)c12. The van der Waals surface area contributed by atoms with E-state index in [0.29, 0.717) is 8.99 Å². The molecular weight excluding hydrogens is 690 g/mol. The Bertz CT molecular complexity index is 2070. The summed E-state index contributed by atoms with van der Waals surface area (Å²) in [6.07, 6.45) is -1.14. The van der Waals surface area contributed by atoms with E-state index >= 15 is 4.39 Å². The van der Waals surface area contributed by atoms with E-state index in [1.807, 2.05) is 6.07 Å². The standard InChI is InChI=1S/C28H22ClF4N7O5S2/c29-21-20(14-3-4-17(30)24-19(14)16(11-34)26(35)46-24)18(31)10-15-23(21)45-8-7-38(27(15)41)22(25(32)33)13-2-1-9-47(43,44)40(12-13)28(42)39-6-5-36-37-39/h3-6,10,13,22,25H,1-2,7-9,12,35H2. The first-order valence-corrected chi connectivity index (χ1v) is 16.7. The maximum Gasteiger partial charge on any atom is 0.359 e. The molecule has 2 atom stereocenters. The monoisotopic (exact) mass is 711 g/mol. The Hall–Kier alpha value is -4.47. The van der Waals surface area contributed by atoms with Crippen molar-refractivity contribution in [2.75, 3.05) is 31.2 Å². The van der Waals surface area contributed by atoms with Crippen molar-refractivity contribution >= 4 is 60.0 Å². The van der Waals surface area contributed by atoms with Gasteiger partial charge in [0, 0.05) is 23.4 Å². The fourth-order valence-electron chi connectivity index (χ4n) is 6.00. The molecule has 2 aromatic carbocycles. The van der Waals surface area contributed by atoms with Gasteiger partial charge in [-0.2, -0.15) is 9.94 Å². The van der Waals surface area contributed by atoms with Gasteiger partial charge in [0.2, 0.25) is 10.0 Å². The highest BCUT2D eigenvalue weighted by molar-refractivity contribution is 7.89. The zero-order chi connectivity index (χ0) is 33.8. The molecular formula is C28H22ClF4N7O5S2. The summed E-state index contributed by atoms with van der Waals surface area (Å²) >= 11 is 7.42. The normalized spacial score (nSPS) is 18.7. The Morgan fingerprint density at radius 2 is 2.00 bits per heavy atom. The molecule has 246 valence electrons. The van der Waals surface area contributed by atoms with Crippen LogP contribution in [0, 0.1) is 28.9 Å².